The average Bonchev–Trinajstić information content (AvgIpc) is 2.52. The molecular weight excluding hydrogens is 356 g/mol. The minimum atomic E-state index is -0.365. The van der Waals surface area contributed by atoms with Crippen LogP contribution in [0.2, 0.25) is 0 Å². The van der Waals surface area contributed by atoms with Crippen LogP contribution in [0.4, 0.5) is 0 Å². The number of benzene rings is 2. The van der Waals surface area contributed by atoms with E-state index in [0.29, 0.717) is 17.2 Å². The maximum absolute atomic E-state index is 6.64. The number of hydrogen-bond acceptors (Lipinski definition) is 3. The van der Waals surface area contributed by atoms with E-state index in [-0.39, 0.29) is 5.38 Å². The number of alkyl halides is 1. The van der Waals surface area contributed by atoms with Crippen LogP contribution in [-0.4, -0.2) is 21.3 Å². The zero-order valence-corrected chi connectivity index (χ0v) is 14.4. The number of halogens is 2. The van der Waals surface area contributed by atoms with Crippen molar-refractivity contribution in [1.29, 1.82) is 0 Å². The van der Waals surface area contributed by atoms with E-state index in [2.05, 4.69) is 15.9 Å². The van der Waals surface area contributed by atoms with Crippen molar-refractivity contribution in [3.63, 3.8) is 0 Å². The summed E-state index contributed by atoms with van der Waals surface area (Å²) in [5, 5.41) is -0.365. The molecule has 2 aromatic rings. The standard InChI is InChI=1S/C16H16BrClO3/c1-19-13-9-8-11(15(20-2)16(13)21-3)14(18)10-6-4-5-7-12(10)17/h4-9,14H,1-3H3. The smallest absolute Gasteiger partial charge is 0.203 e. The molecule has 2 rings (SSSR count). The van der Waals surface area contributed by atoms with E-state index >= 15 is 0 Å². The normalized spacial score (nSPS) is 11.9. The van der Waals surface area contributed by atoms with Crippen molar-refractivity contribution in [3.8, 4) is 17.2 Å². The molecule has 5 heteroatoms. The molecule has 0 heterocycles. The predicted octanol–water partition coefficient (Wildman–Crippen LogP) is 4.80. The van der Waals surface area contributed by atoms with E-state index in [1.165, 1.54) is 0 Å². The highest BCUT2D eigenvalue weighted by Gasteiger charge is 2.23. The van der Waals surface area contributed by atoms with Crippen LogP contribution in [0.1, 0.15) is 16.5 Å². The Kier molecular flexibility index (Phi) is 5.37. The quantitative estimate of drug-likeness (QED) is 0.706. The Morgan fingerprint density at radius 1 is 0.857 bits per heavy atom. The van der Waals surface area contributed by atoms with E-state index in [9.17, 15) is 0 Å². The fourth-order valence-corrected chi connectivity index (χ4v) is 3.18. The van der Waals surface area contributed by atoms with E-state index in [1.54, 1.807) is 21.3 Å². The Balaban J connectivity index is 2.56. The number of rotatable bonds is 5. The summed E-state index contributed by atoms with van der Waals surface area (Å²) >= 11 is 10.2. The lowest BCUT2D eigenvalue weighted by Gasteiger charge is -2.19. The van der Waals surface area contributed by atoms with Gasteiger partial charge in [0.05, 0.1) is 26.7 Å². The van der Waals surface area contributed by atoms with Crippen LogP contribution in [0.5, 0.6) is 17.2 Å². The topological polar surface area (TPSA) is 27.7 Å². The largest absolute Gasteiger partial charge is 0.493 e. The summed E-state index contributed by atoms with van der Waals surface area (Å²) in [6.45, 7) is 0. The van der Waals surface area contributed by atoms with Gasteiger partial charge in [0.1, 0.15) is 0 Å². The van der Waals surface area contributed by atoms with Crippen LogP contribution in [0, 0.1) is 0 Å². The maximum Gasteiger partial charge on any atom is 0.203 e. The Bertz CT molecular complexity index is 631. The monoisotopic (exact) mass is 370 g/mol. The van der Waals surface area contributed by atoms with Crippen molar-refractivity contribution >= 4 is 27.5 Å². The molecule has 0 saturated heterocycles. The molecule has 0 fully saturated rings. The van der Waals surface area contributed by atoms with Crippen molar-refractivity contribution in [2.24, 2.45) is 0 Å². The van der Waals surface area contributed by atoms with Gasteiger partial charge in [-0.3, -0.25) is 0 Å². The first-order valence-electron chi connectivity index (χ1n) is 6.31. The maximum atomic E-state index is 6.64. The predicted molar refractivity (Wildman–Crippen MR) is 87.9 cm³/mol. The van der Waals surface area contributed by atoms with Crippen LogP contribution >= 0.6 is 27.5 Å². The Labute approximate surface area is 137 Å². The van der Waals surface area contributed by atoms with Crippen molar-refractivity contribution in [1.82, 2.24) is 0 Å². The molecule has 0 N–H and O–H groups in total. The van der Waals surface area contributed by atoms with Crippen molar-refractivity contribution < 1.29 is 14.2 Å². The summed E-state index contributed by atoms with van der Waals surface area (Å²) < 4.78 is 17.1. The van der Waals surface area contributed by atoms with Gasteiger partial charge in [0, 0.05) is 10.0 Å². The van der Waals surface area contributed by atoms with Gasteiger partial charge >= 0.3 is 0 Å². The van der Waals surface area contributed by atoms with Gasteiger partial charge in [0.15, 0.2) is 11.5 Å². The van der Waals surface area contributed by atoms with Crippen LogP contribution in [0.15, 0.2) is 40.9 Å². The highest BCUT2D eigenvalue weighted by molar-refractivity contribution is 9.10. The summed E-state index contributed by atoms with van der Waals surface area (Å²) in [4.78, 5) is 0. The summed E-state index contributed by atoms with van der Waals surface area (Å²) in [5.74, 6) is 1.72. The van der Waals surface area contributed by atoms with Gasteiger partial charge in [-0.2, -0.15) is 0 Å². The van der Waals surface area contributed by atoms with Crippen molar-refractivity contribution in [3.05, 3.63) is 52.0 Å². The zero-order chi connectivity index (χ0) is 15.4. The molecule has 0 bridgehead atoms. The molecule has 0 spiro atoms. The van der Waals surface area contributed by atoms with Gasteiger partial charge in [-0.15, -0.1) is 11.6 Å². The molecule has 0 amide bonds. The first kappa shape index (κ1) is 16.0. The molecule has 3 nitrogen and oxygen atoms in total. The third-order valence-electron chi connectivity index (χ3n) is 3.19. The SMILES string of the molecule is COc1ccc(C(Cl)c2ccccc2Br)c(OC)c1OC. The van der Waals surface area contributed by atoms with E-state index in [4.69, 9.17) is 25.8 Å². The van der Waals surface area contributed by atoms with Gasteiger partial charge in [-0.25, -0.2) is 0 Å². The van der Waals surface area contributed by atoms with Gasteiger partial charge in [-0.1, -0.05) is 34.1 Å². The summed E-state index contributed by atoms with van der Waals surface area (Å²) in [7, 11) is 4.75. The van der Waals surface area contributed by atoms with Crippen molar-refractivity contribution in [2.45, 2.75) is 5.38 Å². The summed E-state index contributed by atoms with van der Waals surface area (Å²) in [6.07, 6.45) is 0. The third-order valence-corrected chi connectivity index (χ3v) is 4.38. The molecular formula is C16H16BrClO3. The molecule has 1 atom stereocenters. The fourth-order valence-electron chi connectivity index (χ4n) is 2.17. The molecule has 1 unspecified atom stereocenters. The third kappa shape index (κ3) is 3.11. The fraction of sp³-hybridized carbons (Fsp3) is 0.250. The Morgan fingerprint density at radius 3 is 2.10 bits per heavy atom. The molecule has 0 aliphatic carbocycles. The Hall–Kier alpha value is -1.39. The van der Waals surface area contributed by atoms with Crippen LogP contribution in [0.25, 0.3) is 0 Å². The first-order chi connectivity index (χ1) is 10.1. The van der Waals surface area contributed by atoms with E-state index in [0.717, 1.165) is 15.6 Å². The van der Waals surface area contributed by atoms with Gasteiger partial charge in [0.25, 0.3) is 0 Å². The zero-order valence-electron chi connectivity index (χ0n) is 12.0. The Morgan fingerprint density at radius 2 is 1.52 bits per heavy atom. The molecule has 0 radical (unpaired) electrons. The van der Waals surface area contributed by atoms with Crippen LogP contribution in [0.3, 0.4) is 0 Å². The van der Waals surface area contributed by atoms with Gasteiger partial charge in [0.2, 0.25) is 5.75 Å². The minimum absolute atomic E-state index is 0.365. The number of methoxy groups -OCH3 is 3. The lowest BCUT2D eigenvalue weighted by molar-refractivity contribution is 0.322. The number of ether oxygens (including phenoxy) is 3. The van der Waals surface area contributed by atoms with Crippen LogP contribution in [-0.2, 0) is 0 Å². The summed E-state index contributed by atoms with van der Waals surface area (Å²) in [5.41, 5.74) is 1.79. The molecule has 0 aliphatic heterocycles. The number of hydrogen-bond donors (Lipinski definition) is 0. The van der Waals surface area contributed by atoms with E-state index < -0.39 is 0 Å². The average molecular weight is 372 g/mol. The minimum Gasteiger partial charge on any atom is -0.493 e. The van der Waals surface area contributed by atoms with Crippen LogP contribution < -0.4 is 14.2 Å². The molecule has 2 aromatic carbocycles. The molecule has 21 heavy (non-hydrogen) atoms. The molecule has 0 aromatic heterocycles. The van der Waals surface area contributed by atoms with Gasteiger partial charge in [-0.05, 0) is 23.8 Å². The van der Waals surface area contributed by atoms with E-state index in [1.807, 2.05) is 36.4 Å². The van der Waals surface area contributed by atoms with Gasteiger partial charge < -0.3 is 14.2 Å². The lowest BCUT2D eigenvalue weighted by Crippen LogP contribution is -2.02. The highest BCUT2D eigenvalue weighted by Crippen LogP contribution is 2.46. The second-order valence-electron chi connectivity index (χ2n) is 4.31. The highest BCUT2D eigenvalue weighted by atomic mass is 79.9. The van der Waals surface area contributed by atoms with Crippen molar-refractivity contribution in [2.75, 3.05) is 21.3 Å². The summed E-state index contributed by atoms with van der Waals surface area (Å²) in [6, 6.07) is 11.5. The first-order valence-corrected chi connectivity index (χ1v) is 7.54. The molecule has 0 aliphatic rings. The molecule has 0 saturated carbocycles. The molecule has 112 valence electrons. The second kappa shape index (κ2) is 7.05. The second-order valence-corrected chi connectivity index (χ2v) is 5.60. The lowest BCUT2D eigenvalue weighted by atomic mass is 10.0.